The van der Waals surface area contributed by atoms with Crippen molar-refractivity contribution < 1.29 is 34.0 Å². The van der Waals surface area contributed by atoms with E-state index in [4.69, 9.17) is 18.9 Å². The molecular formula is C16H22O7. The third kappa shape index (κ3) is 4.73. The maximum Gasteiger partial charge on any atom is 0.305 e. The van der Waals surface area contributed by atoms with E-state index in [2.05, 4.69) is 0 Å². The Hall–Kier alpha value is -1.51. The predicted octanol–water partition coefficient (Wildman–Crippen LogP) is 0.228. The molecule has 2 rings (SSSR count). The van der Waals surface area contributed by atoms with Gasteiger partial charge in [-0.1, -0.05) is 30.3 Å². The molecule has 23 heavy (non-hydrogen) atoms. The number of hydrogen-bond donors (Lipinski definition) is 2. The normalized spacial score (nSPS) is 30.9. The number of aliphatic hydroxyl groups is 2. The molecule has 0 radical (unpaired) electrons. The monoisotopic (exact) mass is 326 g/mol. The number of esters is 1. The average Bonchev–Trinajstić information content (AvgIpc) is 2.52. The van der Waals surface area contributed by atoms with Crippen LogP contribution in [0.3, 0.4) is 0 Å². The van der Waals surface area contributed by atoms with Gasteiger partial charge in [-0.3, -0.25) is 4.79 Å². The van der Waals surface area contributed by atoms with Gasteiger partial charge in [-0.05, 0) is 5.56 Å². The molecule has 2 N–H and O–H groups in total. The first-order valence-corrected chi connectivity index (χ1v) is 7.36. The molecular weight excluding hydrogens is 304 g/mol. The van der Waals surface area contributed by atoms with Crippen LogP contribution >= 0.6 is 0 Å². The molecule has 1 aliphatic heterocycles. The summed E-state index contributed by atoms with van der Waals surface area (Å²) in [5, 5.41) is 20.4. The minimum Gasteiger partial charge on any atom is -0.433 e. The zero-order valence-electron chi connectivity index (χ0n) is 13.1. The number of rotatable bonds is 6. The third-order valence-corrected chi connectivity index (χ3v) is 3.54. The summed E-state index contributed by atoms with van der Waals surface area (Å²) in [5.41, 5.74) is 0.884. The van der Waals surface area contributed by atoms with Gasteiger partial charge in [-0.15, -0.1) is 0 Å². The first kappa shape index (κ1) is 17.8. The fraction of sp³-hybridized carbons (Fsp3) is 0.562. The zero-order chi connectivity index (χ0) is 16.8. The Morgan fingerprint density at radius 2 is 1.91 bits per heavy atom. The summed E-state index contributed by atoms with van der Waals surface area (Å²) in [6.45, 7) is 1.48. The Morgan fingerprint density at radius 1 is 1.22 bits per heavy atom. The van der Waals surface area contributed by atoms with Crippen LogP contribution in [0.1, 0.15) is 12.5 Å². The topological polar surface area (TPSA) is 94.5 Å². The number of methoxy groups -OCH3 is 1. The summed E-state index contributed by atoms with van der Waals surface area (Å²) in [4.78, 5) is 11.3. The van der Waals surface area contributed by atoms with Crippen molar-refractivity contribution in [3.63, 3.8) is 0 Å². The van der Waals surface area contributed by atoms with Gasteiger partial charge < -0.3 is 29.2 Å². The highest BCUT2D eigenvalue weighted by molar-refractivity contribution is 5.66. The predicted molar refractivity (Wildman–Crippen MR) is 79.3 cm³/mol. The first-order valence-electron chi connectivity index (χ1n) is 7.36. The van der Waals surface area contributed by atoms with E-state index in [1.54, 1.807) is 0 Å². The van der Waals surface area contributed by atoms with Gasteiger partial charge in [0.05, 0.1) is 13.2 Å². The second kappa shape index (κ2) is 8.37. The highest BCUT2D eigenvalue weighted by Gasteiger charge is 2.46. The number of aliphatic hydroxyl groups excluding tert-OH is 2. The van der Waals surface area contributed by atoms with Gasteiger partial charge in [-0.2, -0.15) is 0 Å². The van der Waals surface area contributed by atoms with E-state index in [9.17, 15) is 15.0 Å². The lowest BCUT2D eigenvalue weighted by Crippen LogP contribution is -2.60. The molecule has 1 aromatic rings. The SMILES string of the molecule is COC[C@H]1OC(OC(C)=O)[C@H](OCc2ccccc2)[C@@H](O)[C@@H]1O. The van der Waals surface area contributed by atoms with Gasteiger partial charge in [-0.25, -0.2) is 0 Å². The number of carbonyl (C=O) groups is 1. The third-order valence-electron chi connectivity index (χ3n) is 3.54. The lowest BCUT2D eigenvalue weighted by molar-refractivity contribution is -0.303. The van der Waals surface area contributed by atoms with Crippen molar-refractivity contribution in [3.8, 4) is 0 Å². The second-order valence-electron chi connectivity index (χ2n) is 5.35. The van der Waals surface area contributed by atoms with Crippen LogP contribution in [0.5, 0.6) is 0 Å². The Kier molecular flexibility index (Phi) is 6.49. The van der Waals surface area contributed by atoms with Crippen molar-refractivity contribution in [1.82, 2.24) is 0 Å². The first-order chi connectivity index (χ1) is 11.0. The average molecular weight is 326 g/mol. The fourth-order valence-electron chi connectivity index (χ4n) is 2.41. The lowest BCUT2D eigenvalue weighted by atomic mass is 9.99. The summed E-state index contributed by atoms with van der Waals surface area (Å²) in [6.07, 6.45) is -5.40. The van der Waals surface area contributed by atoms with Gasteiger partial charge in [0.1, 0.15) is 24.4 Å². The molecule has 7 heteroatoms. The maximum atomic E-state index is 11.3. The van der Waals surface area contributed by atoms with Crippen LogP contribution in [0, 0.1) is 0 Å². The molecule has 1 saturated heterocycles. The van der Waals surface area contributed by atoms with Gasteiger partial charge in [0.2, 0.25) is 6.29 Å². The standard InChI is InChI=1S/C16H22O7/c1-10(17)22-16-15(21-8-11-6-4-3-5-7-11)14(19)13(18)12(23-16)9-20-2/h3-7,12-16,18-19H,8-9H2,1-2H3/t12-,13-,14+,15-,16?/m1/s1. The van der Waals surface area contributed by atoms with E-state index < -0.39 is 36.7 Å². The van der Waals surface area contributed by atoms with Crippen molar-refractivity contribution in [1.29, 1.82) is 0 Å². The van der Waals surface area contributed by atoms with Gasteiger partial charge in [0, 0.05) is 14.0 Å². The molecule has 1 fully saturated rings. The fourth-order valence-corrected chi connectivity index (χ4v) is 2.41. The van der Waals surface area contributed by atoms with E-state index in [1.165, 1.54) is 14.0 Å². The van der Waals surface area contributed by atoms with Crippen molar-refractivity contribution >= 4 is 5.97 Å². The van der Waals surface area contributed by atoms with Crippen LogP contribution < -0.4 is 0 Å². The van der Waals surface area contributed by atoms with Crippen LogP contribution in [0.2, 0.25) is 0 Å². The van der Waals surface area contributed by atoms with Gasteiger partial charge >= 0.3 is 5.97 Å². The number of carbonyl (C=O) groups excluding carboxylic acids is 1. The Morgan fingerprint density at radius 3 is 2.52 bits per heavy atom. The van der Waals surface area contributed by atoms with Crippen LogP contribution in [0.25, 0.3) is 0 Å². The smallest absolute Gasteiger partial charge is 0.305 e. The Labute approximate surface area is 134 Å². The maximum absolute atomic E-state index is 11.3. The summed E-state index contributed by atoms with van der Waals surface area (Å²) in [5.74, 6) is -0.567. The van der Waals surface area contributed by atoms with Crippen molar-refractivity contribution in [2.75, 3.05) is 13.7 Å². The lowest BCUT2D eigenvalue weighted by Gasteiger charge is -2.41. The van der Waals surface area contributed by atoms with Crippen molar-refractivity contribution in [3.05, 3.63) is 35.9 Å². The highest BCUT2D eigenvalue weighted by atomic mass is 16.7. The van der Waals surface area contributed by atoms with E-state index in [-0.39, 0.29) is 13.2 Å². The highest BCUT2D eigenvalue weighted by Crippen LogP contribution is 2.25. The molecule has 7 nitrogen and oxygen atoms in total. The summed E-state index contributed by atoms with van der Waals surface area (Å²) >= 11 is 0. The number of ether oxygens (including phenoxy) is 4. The molecule has 1 unspecified atom stereocenters. The van der Waals surface area contributed by atoms with Crippen LogP contribution in [-0.2, 0) is 30.3 Å². The minimum atomic E-state index is -1.27. The van der Waals surface area contributed by atoms with Gasteiger partial charge in [0.15, 0.2) is 0 Å². The largest absolute Gasteiger partial charge is 0.433 e. The Balaban J connectivity index is 2.07. The molecule has 0 aliphatic carbocycles. The van der Waals surface area contributed by atoms with Crippen LogP contribution in [-0.4, -0.2) is 60.6 Å². The molecule has 1 aromatic carbocycles. The van der Waals surface area contributed by atoms with Crippen LogP contribution in [0.15, 0.2) is 30.3 Å². The summed E-state index contributed by atoms with van der Waals surface area (Å²) in [7, 11) is 1.45. The molecule has 0 amide bonds. The van der Waals surface area contributed by atoms with Crippen LogP contribution in [0.4, 0.5) is 0 Å². The molecule has 128 valence electrons. The summed E-state index contributed by atoms with van der Waals surface area (Å²) in [6, 6.07) is 9.32. The molecule has 1 heterocycles. The molecule has 0 aromatic heterocycles. The molecule has 0 spiro atoms. The zero-order valence-corrected chi connectivity index (χ0v) is 13.1. The van der Waals surface area contributed by atoms with E-state index in [1.807, 2.05) is 30.3 Å². The number of hydrogen-bond acceptors (Lipinski definition) is 7. The van der Waals surface area contributed by atoms with Crippen molar-refractivity contribution in [2.24, 2.45) is 0 Å². The molecule has 1 aliphatic rings. The Bertz CT molecular complexity index is 492. The van der Waals surface area contributed by atoms with E-state index in [0.717, 1.165) is 5.56 Å². The molecule has 5 atom stereocenters. The molecule has 0 bridgehead atoms. The quantitative estimate of drug-likeness (QED) is 0.723. The van der Waals surface area contributed by atoms with Gasteiger partial charge in [0.25, 0.3) is 0 Å². The van der Waals surface area contributed by atoms with E-state index >= 15 is 0 Å². The minimum absolute atomic E-state index is 0.0569. The van der Waals surface area contributed by atoms with E-state index in [0.29, 0.717) is 0 Å². The summed E-state index contributed by atoms with van der Waals surface area (Å²) < 4.78 is 21.2. The molecule has 0 saturated carbocycles. The van der Waals surface area contributed by atoms with Crippen molar-refractivity contribution in [2.45, 2.75) is 44.2 Å². The second-order valence-corrected chi connectivity index (χ2v) is 5.35. The number of benzene rings is 1.